The van der Waals surface area contributed by atoms with Crippen LogP contribution in [0, 0.1) is 0 Å². The molecule has 2 nitrogen and oxygen atoms in total. The molecule has 17 heavy (non-hydrogen) atoms. The van der Waals surface area contributed by atoms with Crippen LogP contribution in [-0.4, -0.2) is 37.6 Å². The van der Waals surface area contributed by atoms with Gasteiger partial charge in [-0.05, 0) is 57.9 Å². The fourth-order valence-electron chi connectivity index (χ4n) is 2.60. The smallest absolute Gasteiger partial charge is 0.00884 e. The molecule has 2 rings (SSSR count). The van der Waals surface area contributed by atoms with E-state index < -0.39 is 0 Å². The average Bonchev–Trinajstić information content (AvgIpc) is 2.41. The minimum atomic E-state index is 0.750. The highest BCUT2D eigenvalue weighted by Gasteiger charge is 2.16. The predicted octanol–water partition coefficient (Wildman–Crippen LogP) is 2.30. The van der Waals surface area contributed by atoms with Crippen molar-refractivity contribution < 1.29 is 0 Å². The zero-order valence-electron chi connectivity index (χ0n) is 10.9. The summed E-state index contributed by atoms with van der Waals surface area (Å²) in [5.41, 5.74) is 1.47. The molecule has 0 atom stereocenters. The highest BCUT2D eigenvalue weighted by atomic mass is 15.1. The van der Waals surface area contributed by atoms with Gasteiger partial charge in [-0.1, -0.05) is 30.3 Å². The van der Waals surface area contributed by atoms with Crippen LogP contribution < -0.4 is 5.32 Å². The van der Waals surface area contributed by atoms with Gasteiger partial charge in [0.2, 0.25) is 0 Å². The molecule has 94 valence electrons. The van der Waals surface area contributed by atoms with Gasteiger partial charge in [0, 0.05) is 6.04 Å². The molecular formula is C15H24N2. The molecule has 1 heterocycles. The summed E-state index contributed by atoms with van der Waals surface area (Å²) < 4.78 is 0. The second-order valence-electron chi connectivity index (χ2n) is 4.99. The predicted molar refractivity (Wildman–Crippen MR) is 73.3 cm³/mol. The molecule has 0 amide bonds. The summed E-state index contributed by atoms with van der Waals surface area (Å²) in [5.74, 6) is 0. The van der Waals surface area contributed by atoms with E-state index in [9.17, 15) is 0 Å². The Morgan fingerprint density at radius 3 is 2.53 bits per heavy atom. The first-order valence-electron chi connectivity index (χ1n) is 6.82. The van der Waals surface area contributed by atoms with E-state index in [0.717, 1.165) is 6.04 Å². The van der Waals surface area contributed by atoms with E-state index in [1.165, 1.54) is 50.9 Å². The molecule has 1 aromatic rings. The third-order valence-corrected chi connectivity index (χ3v) is 3.78. The zero-order chi connectivity index (χ0) is 11.9. The average molecular weight is 232 g/mol. The van der Waals surface area contributed by atoms with Gasteiger partial charge in [-0.3, -0.25) is 0 Å². The van der Waals surface area contributed by atoms with Gasteiger partial charge in [0.15, 0.2) is 0 Å². The van der Waals surface area contributed by atoms with Crippen molar-refractivity contribution in [2.24, 2.45) is 0 Å². The first-order chi connectivity index (χ1) is 8.38. The fourth-order valence-corrected chi connectivity index (χ4v) is 2.60. The molecule has 1 aliphatic rings. The van der Waals surface area contributed by atoms with Gasteiger partial charge in [-0.25, -0.2) is 0 Å². The number of hydrogen-bond acceptors (Lipinski definition) is 2. The standard InChI is InChI=1S/C15H24N2/c1-16-15-9-12-17(13-10-15)11-5-8-14-6-3-2-4-7-14/h2-4,6-7,15-16H,5,8-13H2,1H3. The first-order valence-corrected chi connectivity index (χ1v) is 6.82. The van der Waals surface area contributed by atoms with Crippen LogP contribution in [0.4, 0.5) is 0 Å². The lowest BCUT2D eigenvalue weighted by Crippen LogP contribution is -2.41. The van der Waals surface area contributed by atoms with E-state index in [1.54, 1.807) is 0 Å². The number of nitrogens with zero attached hydrogens (tertiary/aromatic N) is 1. The molecule has 0 bridgehead atoms. The molecule has 2 heteroatoms. The topological polar surface area (TPSA) is 15.3 Å². The third kappa shape index (κ3) is 4.14. The first kappa shape index (κ1) is 12.6. The van der Waals surface area contributed by atoms with Crippen LogP contribution in [0.15, 0.2) is 30.3 Å². The lowest BCUT2D eigenvalue weighted by molar-refractivity contribution is 0.200. The summed E-state index contributed by atoms with van der Waals surface area (Å²) >= 11 is 0. The molecule has 0 saturated carbocycles. The molecule has 0 aromatic heterocycles. The van der Waals surface area contributed by atoms with Gasteiger partial charge in [0.25, 0.3) is 0 Å². The number of rotatable bonds is 5. The SMILES string of the molecule is CNC1CCN(CCCc2ccccc2)CC1. The van der Waals surface area contributed by atoms with Crippen molar-refractivity contribution in [1.29, 1.82) is 0 Å². The van der Waals surface area contributed by atoms with Gasteiger partial charge in [-0.2, -0.15) is 0 Å². The molecule has 1 aliphatic heterocycles. The highest BCUT2D eigenvalue weighted by molar-refractivity contribution is 5.14. The summed E-state index contributed by atoms with van der Waals surface area (Å²) in [4.78, 5) is 2.61. The molecule has 1 fully saturated rings. The monoisotopic (exact) mass is 232 g/mol. The van der Waals surface area contributed by atoms with Crippen LogP contribution in [0.5, 0.6) is 0 Å². The van der Waals surface area contributed by atoms with Crippen molar-refractivity contribution in [2.75, 3.05) is 26.7 Å². The Balaban J connectivity index is 1.63. The van der Waals surface area contributed by atoms with Crippen LogP contribution >= 0.6 is 0 Å². The Kier molecular flexibility index (Phi) is 5.02. The van der Waals surface area contributed by atoms with E-state index in [4.69, 9.17) is 0 Å². The largest absolute Gasteiger partial charge is 0.317 e. The van der Waals surface area contributed by atoms with E-state index in [2.05, 4.69) is 47.6 Å². The third-order valence-electron chi connectivity index (χ3n) is 3.78. The van der Waals surface area contributed by atoms with Crippen molar-refractivity contribution in [3.8, 4) is 0 Å². The maximum Gasteiger partial charge on any atom is 0.00884 e. The van der Waals surface area contributed by atoms with Gasteiger partial charge >= 0.3 is 0 Å². The molecule has 0 radical (unpaired) electrons. The van der Waals surface area contributed by atoms with Gasteiger partial charge in [0.1, 0.15) is 0 Å². The van der Waals surface area contributed by atoms with Gasteiger partial charge < -0.3 is 10.2 Å². The number of likely N-dealkylation sites (tertiary alicyclic amines) is 1. The number of aryl methyl sites for hydroxylation is 1. The number of piperidine rings is 1. The van der Waals surface area contributed by atoms with E-state index in [-0.39, 0.29) is 0 Å². The number of benzene rings is 1. The Hall–Kier alpha value is -0.860. The minimum Gasteiger partial charge on any atom is -0.317 e. The van der Waals surface area contributed by atoms with Crippen molar-refractivity contribution in [2.45, 2.75) is 31.7 Å². The maximum absolute atomic E-state index is 3.38. The summed E-state index contributed by atoms with van der Waals surface area (Å²) in [7, 11) is 2.08. The van der Waals surface area contributed by atoms with Crippen molar-refractivity contribution in [3.63, 3.8) is 0 Å². The van der Waals surface area contributed by atoms with Crippen molar-refractivity contribution in [3.05, 3.63) is 35.9 Å². The Morgan fingerprint density at radius 2 is 1.88 bits per heavy atom. The zero-order valence-corrected chi connectivity index (χ0v) is 10.9. The van der Waals surface area contributed by atoms with Crippen molar-refractivity contribution >= 4 is 0 Å². The lowest BCUT2D eigenvalue weighted by atomic mass is 10.0. The maximum atomic E-state index is 3.38. The molecule has 0 aliphatic carbocycles. The van der Waals surface area contributed by atoms with Crippen LogP contribution in [-0.2, 0) is 6.42 Å². The molecule has 1 saturated heterocycles. The molecule has 1 N–H and O–H groups in total. The summed E-state index contributed by atoms with van der Waals surface area (Å²) in [6.07, 6.45) is 5.12. The van der Waals surface area contributed by atoms with Gasteiger partial charge in [-0.15, -0.1) is 0 Å². The van der Waals surface area contributed by atoms with Crippen LogP contribution in [0.25, 0.3) is 0 Å². The van der Waals surface area contributed by atoms with E-state index in [1.807, 2.05) is 0 Å². The lowest BCUT2D eigenvalue weighted by Gasteiger charge is -2.31. The van der Waals surface area contributed by atoms with E-state index >= 15 is 0 Å². The summed E-state index contributed by atoms with van der Waals surface area (Å²) in [6, 6.07) is 11.6. The highest BCUT2D eigenvalue weighted by Crippen LogP contribution is 2.11. The van der Waals surface area contributed by atoms with Crippen LogP contribution in [0.2, 0.25) is 0 Å². The second-order valence-corrected chi connectivity index (χ2v) is 4.99. The van der Waals surface area contributed by atoms with Crippen LogP contribution in [0.1, 0.15) is 24.8 Å². The van der Waals surface area contributed by atoms with E-state index in [0.29, 0.717) is 0 Å². The minimum absolute atomic E-state index is 0.750. The molecule has 0 unspecified atom stereocenters. The van der Waals surface area contributed by atoms with Crippen molar-refractivity contribution in [1.82, 2.24) is 10.2 Å². The Morgan fingerprint density at radius 1 is 1.18 bits per heavy atom. The fraction of sp³-hybridized carbons (Fsp3) is 0.600. The van der Waals surface area contributed by atoms with Crippen LogP contribution in [0.3, 0.4) is 0 Å². The number of hydrogen-bond donors (Lipinski definition) is 1. The molecular weight excluding hydrogens is 208 g/mol. The Bertz CT molecular complexity index is 302. The number of nitrogens with one attached hydrogen (secondary N) is 1. The Labute approximate surface area is 105 Å². The normalized spacial score (nSPS) is 18.4. The second kappa shape index (κ2) is 6.77. The summed E-state index contributed by atoms with van der Waals surface area (Å²) in [6.45, 7) is 3.78. The molecule has 0 spiro atoms. The molecule has 1 aromatic carbocycles. The summed E-state index contributed by atoms with van der Waals surface area (Å²) in [5, 5.41) is 3.38. The quantitative estimate of drug-likeness (QED) is 0.838. The van der Waals surface area contributed by atoms with Gasteiger partial charge in [0.05, 0.1) is 0 Å².